The lowest BCUT2D eigenvalue weighted by atomic mass is 9.78. The van der Waals surface area contributed by atoms with Gasteiger partial charge in [-0.15, -0.1) is 0 Å². The summed E-state index contributed by atoms with van der Waals surface area (Å²) >= 11 is 3.07. The molecule has 2 bridgehead atoms. The first-order valence-corrected chi connectivity index (χ1v) is 6.85. The molecule has 0 amide bonds. The molecule has 2 N–H and O–H groups in total. The number of hydrogen-bond donors (Lipinski definition) is 1. The third-order valence-corrected chi connectivity index (χ3v) is 4.61. The predicted molar refractivity (Wildman–Crippen MR) is 67.2 cm³/mol. The Bertz CT molecular complexity index is 496. The fraction of sp³-hybridized carbons (Fsp3) is 0.538. The molecular formula is C13H14BrF2NO. The number of halogens is 3. The van der Waals surface area contributed by atoms with Crippen molar-refractivity contribution < 1.29 is 13.5 Å². The summed E-state index contributed by atoms with van der Waals surface area (Å²) < 4.78 is 33.6. The van der Waals surface area contributed by atoms with Gasteiger partial charge in [-0.2, -0.15) is 0 Å². The molecule has 3 unspecified atom stereocenters. The van der Waals surface area contributed by atoms with Crippen LogP contribution in [-0.2, 0) is 11.2 Å². The zero-order chi connectivity index (χ0) is 12.9. The monoisotopic (exact) mass is 317 g/mol. The van der Waals surface area contributed by atoms with Crippen molar-refractivity contribution >= 4 is 15.9 Å². The summed E-state index contributed by atoms with van der Waals surface area (Å²) in [7, 11) is 0. The van der Waals surface area contributed by atoms with Crippen LogP contribution in [0.3, 0.4) is 0 Å². The van der Waals surface area contributed by atoms with Crippen LogP contribution in [0.1, 0.15) is 24.8 Å². The van der Waals surface area contributed by atoms with Gasteiger partial charge in [0.1, 0.15) is 11.6 Å². The first kappa shape index (κ1) is 12.5. The van der Waals surface area contributed by atoms with Crippen molar-refractivity contribution in [1.29, 1.82) is 0 Å². The van der Waals surface area contributed by atoms with Gasteiger partial charge in [-0.05, 0) is 53.7 Å². The lowest BCUT2D eigenvalue weighted by Gasteiger charge is -2.31. The molecule has 2 nitrogen and oxygen atoms in total. The normalized spacial score (nSPS) is 34.2. The molecule has 3 atom stereocenters. The first-order chi connectivity index (χ1) is 8.49. The largest absolute Gasteiger partial charge is 0.373 e. The number of benzene rings is 1. The van der Waals surface area contributed by atoms with Crippen molar-refractivity contribution in [2.24, 2.45) is 5.73 Å². The van der Waals surface area contributed by atoms with Crippen molar-refractivity contribution in [3.8, 4) is 0 Å². The lowest BCUT2D eigenvalue weighted by molar-refractivity contribution is 0.0853. The Balaban J connectivity index is 1.91. The molecule has 2 heterocycles. The standard InChI is InChI=1S/C13H14BrF2NO/c14-9-2-3-10(15)8(12(9)16)6-13(17)5-7-1-4-11(13)18-7/h2-3,7,11H,1,4-6,17H2. The van der Waals surface area contributed by atoms with Gasteiger partial charge >= 0.3 is 0 Å². The highest BCUT2D eigenvalue weighted by Gasteiger charge is 2.50. The van der Waals surface area contributed by atoms with Crippen molar-refractivity contribution in [2.75, 3.05) is 0 Å². The maximum Gasteiger partial charge on any atom is 0.143 e. The van der Waals surface area contributed by atoms with E-state index in [1.165, 1.54) is 12.1 Å². The second-order valence-corrected chi connectivity index (χ2v) is 6.11. The molecule has 0 radical (unpaired) electrons. The highest BCUT2D eigenvalue weighted by molar-refractivity contribution is 9.10. The third kappa shape index (κ3) is 1.89. The highest BCUT2D eigenvalue weighted by Crippen LogP contribution is 2.42. The Morgan fingerprint density at radius 1 is 1.39 bits per heavy atom. The molecule has 0 aromatic heterocycles. The maximum atomic E-state index is 13.9. The fourth-order valence-electron chi connectivity index (χ4n) is 3.08. The molecule has 0 saturated carbocycles. The minimum atomic E-state index is -0.634. The third-order valence-electron chi connectivity index (χ3n) is 4.00. The van der Waals surface area contributed by atoms with Gasteiger partial charge in [0.2, 0.25) is 0 Å². The quantitative estimate of drug-likeness (QED) is 0.851. The number of hydrogen-bond acceptors (Lipinski definition) is 2. The van der Waals surface area contributed by atoms with Crippen molar-refractivity contribution in [2.45, 2.75) is 43.4 Å². The van der Waals surface area contributed by atoms with E-state index < -0.39 is 17.2 Å². The van der Waals surface area contributed by atoms with Gasteiger partial charge in [0.25, 0.3) is 0 Å². The summed E-state index contributed by atoms with van der Waals surface area (Å²) in [5.74, 6) is -1.09. The topological polar surface area (TPSA) is 35.2 Å². The van der Waals surface area contributed by atoms with Crippen LogP contribution in [0.25, 0.3) is 0 Å². The molecule has 2 aliphatic rings. The van der Waals surface area contributed by atoms with E-state index in [1.807, 2.05) is 0 Å². The second kappa shape index (κ2) is 4.25. The molecule has 2 saturated heterocycles. The van der Waals surface area contributed by atoms with Gasteiger partial charge in [-0.1, -0.05) is 0 Å². The van der Waals surface area contributed by atoms with Crippen LogP contribution in [-0.4, -0.2) is 17.7 Å². The molecule has 1 aromatic carbocycles. The van der Waals surface area contributed by atoms with Gasteiger partial charge in [0, 0.05) is 11.1 Å². The number of rotatable bonds is 2. The summed E-state index contributed by atoms with van der Waals surface area (Å²) in [5.41, 5.74) is 5.72. The number of fused-ring (bicyclic) bond motifs is 2. The summed E-state index contributed by atoms with van der Waals surface area (Å²) in [6.07, 6.45) is 2.86. The number of nitrogens with two attached hydrogens (primary N) is 1. The minimum absolute atomic E-state index is 0.0584. The molecule has 2 fully saturated rings. The predicted octanol–water partition coefficient (Wildman–Crippen LogP) is 2.92. The maximum absolute atomic E-state index is 13.9. The average Bonchev–Trinajstić information content (AvgIpc) is 2.90. The van der Waals surface area contributed by atoms with Gasteiger partial charge in [-0.3, -0.25) is 0 Å². The smallest absolute Gasteiger partial charge is 0.143 e. The van der Waals surface area contributed by atoms with Crippen LogP contribution in [0.2, 0.25) is 0 Å². The summed E-state index contributed by atoms with van der Waals surface area (Å²) in [6.45, 7) is 0. The highest BCUT2D eigenvalue weighted by atomic mass is 79.9. The zero-order valence-electron chi connectivity index (χ0n) is 9.76. The fourth-order valence-corrected chi connectivity index (χ4v) is 3.45. The Morgan fingerprint density at radius 3 is 2.78 bits per heavy atom. The molecule has 3 rings (SSSR count). The van der Waals surface area contributed by atoms with E-state index >= 15 is 0 Å². The van der Waals surface area contributed by atoms with Crippen LogP contribution < -0.4 is 5.73 Å². The van der Waals surface area contributed by atoms with E-state index in [0.29, 0.717) is 6.42 Å². The van der Waals surface area contributed by atoms with Gasteiger partial charge in [-0.25, -0.2) is 8.78 Å². The van der Waals surface area contributed by atoms with Crippen LogP contribution in [0.15, 0.2) is 16.6 Å². The molecule has 98 valence electrons. The molecular weight excluding hydrogens is 304 g/mol. The van der Waals surface area contributed by atoms with Crippen LogP contribution >= 0.6 is 15.9 Å². The summed E-state index contributed by atoms with van der Waals surface area (Å²) in [6, 6.07) is 2.63. The van der Waals surface area contributed by atoms with Gasteiger partial charge in [0.15, 0.2) is 0 Å². The van der Waals surface area contributed by atoms with E-state index in [4.69, 9.17) is 10.5 Å². The van der Waals surface area contributed by atoms with Gasteiger partial charge < -0.3 is 10.5 Å². The van der Waals surface area contributed by atoms with E-state index in [0.717, 1.165) is 12.8 Å². The minimum Gasteiger partial charge on any atom is -0.373 e. The molecule has 5 heteroatoms. The van der Waals surface area contributed by atoms with E-state index in [-0.39, 0.29) is 28.7 Å². The van der Waals surface area contributed by atoms with E-state index in [2.05, 4.69) is 15.9 Å². The number of ether oxygens (including phenoxy) is 1. The van der Waals surface area contributed by atoms with E-state index in [1.54, 1.807) is 0 Å². The van der Waals surface area contributed by atoms with Crippen molar-refractivity contribution in [1.82, 2.24) is 0 Å². The van der Waals surface area contributed by atoms with Gasteiger partial charge in [0.05, 0.1) is 16.7 Å². The summed E-state index contributed by atoms with van der Waals surface area (Å²) in [5, 5.41) is 0. The Labute approximate surface area is 113 Å². The van der Waals surface area contributed by atoms with E-state index in [9.17, 15) is 8.78 Å². The zero-order valence-corrected chi connectivity index (χ0v) is 11.3. The van der Waals surface area contributed by atoms with Crippen molar-refractivity contribution in [3.63, 3.8) is 0 Å². The van der Waals surface area contributed by atoms with Crippen LogP contribution in [0.4, 0.5) is 8.78 Å². The molecule has 0 aliphatic carbocycles. The molecule has 18 heavy (non-hydrogen) atoms. The first-order valence-electron chi connectivity index (χ1n) is 6.06. The molecule has 1 aromatic rings. The average molecular weight is 318 g/mol. The van der Waals surface area contributed by atoms with Crippen LogP contribution in [0.5, 0.6) is 0 Å². The lowest BCUT2D eigenvalue weighted by Crippen LogP contribution is -2.50. The second-order valence-electron chi connectivity index (χ2n) is 5.26. The SMILES string of the molecule is NC1(Cc2c(F)ccc(Br)c2F)CC2CCC1O2. The van der Waals surface area contributed by atoms with Crippen molar-refractivity contribution in [3.05, 3.63) is 33.8 Å². The molecule has 2 aliphatic heterocycles. The van der Waals surface area contributed by atoms with Crippen LogP contribution in [0, 0.1) is 11.6 Å². The summed E-state index contributed by atoms with van der Waals surface area (Å²) in [4.78, 5) is 0. The Hall–Kier alpha value is -0.520. The Kier molecular flexibility index (Phi) is 2.95. The molecule has 0 spiro atoms. The Morgan fingerprint density at radius 2 is 2.17 bits per heavy atom.